The summed E-state index contributed by atoms with van der Waals surface area (Å²) < 4.78 is 0. The molecule has 0 aromatic heterocycles. The lowest BCUT2D eigenvalue weighted by molar-refractivity contribution is 0.0953. The zero-order valence-corrected chi connectivity index (χ0v) is 9.63. The Bertz CT molecular complexity index is 381. The molecule has 16 heavy (non-hydrogen) atoms. The molecule has 0 radical (unpaired) electrons. The van der Waals surface area contributed by atoms with E-state index in [4.69, 9.17) is 16.9 Å². The number of nitriles is 1. The molecule has 0 bridgehead atoms. The molecule has 3 nitrogen and oxygen atoms in total. The van der Waals surface area contributed by atoms with Crippen LogP contribution in [0, 0.1) is 11.3 Å². The predicted octanol–water partition coefficient (Wildman–Crippen LogP) is 2.76. The van der Waals surface area contributed by atoms with Gasteiger partial charge in [-0.1, -0.05) is 11.6 Å². The van der Waals surface area contributed by atoms with Crippen LogP contribution in [0.25, 0.3) is 0 Å². The van der Waals surface area contributed by atoms with Gasteiger partial charge in [0, 0.05) is 23.6 Å². The molecule has 0 atom stereocenters. The Morgan fingerprint density at radius 1 is 1.31 bits per heavy atom. The third-order valence-corrected chi connectivity index (χ3v) is 2.36. The molecule has 1 N–H and O–H groups in total. The highest BCUT2D eigenvalue weighted by Gasteiger charge is 2.03. The van der Waals surface area contributed by atoms with Crippen molar-refractivity contribution in [2.75, 3.05) is 6.54 Å². The number of carbonyl (C=O) groups is 1. The number of hydrogen-bond donors (Lipinski definition) is 1. The van der Waals surface area contributed by atoms with Gasteiger partial charge in [-0.2, -0.15) is 5.26 Å². The summed E-state index contributed by atoms with van der Waals surface area (Å²) in [5, 5.41) is 11.7. The minimum absolute atomic E-state index is 0.103. The number of carbonyl (C=O) groups excluding carboxylic acids is 1. The van der Waals surface area contributed by atoms with Gasteiger partial charge in [0.1, 0.15) is 0 Å². The standard InChI is InChI=1S/C12H13ClN2O/c13-11-6-4-10(5-7-11)12(16)15-9-3-1-2-8-14/h4-7H,1-3,9H2,(H,15,16). The number of halogens is 1. The minimum Gasteiger partial charge on any atom is -0.352 e. The van der Waals surface area contributed by atoms with Crippen LogP contribution in [0.2, 0.25) is 5.02 Å². The van der Waals surface area contributed by atoms with Gasteiger partial charge in [-0.3, -0.25) is 4.79 Å². The second kappa shape index (κ2) is 6.86. The van der Waals surface area contributed by atoms with Gasteiger partial charge in [0.25, 0.3) is 5.91 Å². The smallest absolute Gasteiger partial charge is 0.251 e. The molecular formula is C12H13ClN2O. The second-order valence-electron chi connectivity index (χ2n) is 3.38. The fraction of sp³-hybridized carbons (Fsp3) is 0.333. The number of amides is 1. The number of rotatable bonds is 5. The lowest BCUT2D eigenvalue weighted by Crippen LogP contribution is -2.24. The summed E-state index contributed by atoms with van der Waals surface area (Å²) in [5.41, 5.74) is 0.602. The molecule has 1 amide bonds. The van der Waals surface area contributed by atoms with E-state index in [0.717, 1.165) is 12.8 Å². The maximum absolute atomic E-state index is 11.6. The van der Waals surface area contributed by atoms with Crippen molar-refractivity contribution in [2.45, 2.75) is 19.3 Å². The molecule has 4 heteroatoms. The Labute approximate surface area is 100 Å². The summed E-state index contributed by atoms with van der Waals surface area (Å²) in [6, 6.07) is 8.81. The SMILES string of the molecule is N#CCCCCNC(=O)c1ccc(Cl)cc1. The van der Waals surface area contributed by atoms with Crippen LogP contribution in [0.3, 0.4) is 0 Å². The van der Waals surface area contributed by atoms with E-state index < -0.39 is 0 Å². The van der Waals surface area contributed by atoms with Gasteiger partial charge >= 0.3 is 0 Å². The Morgan fingerprint density at radius 2 is 2.00 bits per heavy atom. The first-order chi connectivity index (χ1) is 7.74. The van der Waals surface area contributed by atoms with Crippen LogP contribution >= 0.6 is 11.6 Å². The van der Waals surface area contributed by atoms with E-state index in [9.17, 15) is 4.79 Å². The maximum atomic E-state index is 11.6. The molecule has 0 spiro atoms. The summed E-state index contributed by atoms with van der Waals surface area (Å²) >= 11 is 5.72. The number of hydrogen-bond acceptors (Lipinski definition) is 2. The Hall–Kier alpha value is -1.53. The van der Waals surface area contributed by atoms with E-state index in [2.05, 4.69) is 11.4 Å². The molecule has 84 valence electrons. The summed E-state index contributed by atoms with van der Waals surface area (Å²) in [6.07, 6.45) is 2.18. The quantitative estimate of drug-likeness (QED) is 0.800. The van der Waals surface area contributed by atoms with E-state index in [0.29, 0.717) is 23.6 Å². The summed E-state index contributed by atoms with van der Waals surface area (Å²) in [7, 11) is 0. The van der Waals surface area contributed by atoms with Crippen molar-refractivity contribution in [2.24, 2.45) is 0 Å². The summed E-state index contributed by atoms with van der Waals surface area (Å²) in [6.45, 7) is 0.600. The first-order valence-electron chi connectivity index (χ1n) is 5.15. The van der Waals surface area contributed by atoms with Crippen molar-refractivity contribution in [3.63, 3.8) is 0 Å². The molecule has 0 saturated carbocycles. The topological polar surface area (TPSA) is 52.9 Å². The van der Waals surface area contributed by atoms with Crippen molar-refractivity contribution in [1.82, 2.24) is 5.32 Å². The summed E-state index contributed by atoms with van der Waals surface area (Å²) in [4.78, 5) is 11.6. The Kier molecular flexibility index (Phi) is 5.38. The van der Waals surface area contributed by atoms with Crippen molar-refractivity contribution in [3.05, 3.63) is 34.9 Å². The van der Waals surface area contributed by atoms with Crippen LogP contribution in [0.5, 0.6) is 0 Å². The lowest BCUT2D eigenvalue weighted by atomic mass is 10.2. The molecule has 1 aromatic rings. The van der Waals surface area contributed by atoms with Crippen LogP contribution in [-0.2, 0) is 0 Å². The van der Waals surface area contributed by atoms with Crippen molar-refractivity contribution in [3.8, 4) is 6.07 Å². The molecule has 0 unspecified atom stereocenters. The third-order valence-electron chi connectivity index (χ3n) is 2.11. The van der Waals surface area contributed by atoms with Crippen molar-refractivity contribution >= 4 is 17.5 Å². The van der Waals surface area contributed by atoms with E-state index in [1.165, 1.54) is 0 Å². The second-order valence-corrected chi connectivity index (χ2v) is 3.81. The van der Waals surface area contributed by atoms with Gasteiger partial charge in [-0.25, -0.2) is 0 Å². The molecule has 0 aliphatic heterocycles. The van der Waals surface area contributed by atoms with Gasteiger partial charge in [0.2, 0.25) is 0 Å². The monoisotopic (exact) mass is 236 g/mol. The Morgan fingerprint density at radius 3 is 2.62 bits per heavy atom. The number of nitrogens with zero attached hydrogens (tertiary/aromatic N) is 1. The average molecular weight is 237 g/mol. The van der Waals surface area contributed by atoms with E-state index in [-0.39, 0.29) is 5.91 Å². The van der Waals surface area contributed by atoms with E-state index in [1.54, 1.807) is 24.3 Å². The van der Waals surface area contributed by atoms with Crippen LogP contribution in [-0.4, -0.2) is 12.5 Å². The highest BCUT2D eigenvalue weighted by Crippen LogP contribution is 2.09. The van der Waals surface area contributed by atoms with Crippen LogP contribution in [0.1, 0.15) is 29.6 Å². The highest BCUT2D eigenvalue weighted by atomic mass is 35.5. The van der Waals surface area contributed by atoms with Gasteiger partial charge in [-0.05, 0) is 37.1 Å². The van der Waals surface area contributed by atoms with Crippen molar-refractivity contribution in [1.29, 1.82) is 5.26 Å². The van der Waals surface area contributed by atoms with Crippen LogP contribution in [0.15, 0.2) is 24.3 Å². The van der Waals surface area contributed by atoms with Crippen molar-refractivity contribution < 1.29 is 4.79 Å². The zero-order valence-electron chi connectivity index (χ0n) is 8.87. The highest BCUT2D eigenvalue weighted by molar-refractivity contribution is 6.30. The van der Waals surface area contributed by atoms with Gasteiger partial charge in [0.15, 0.2) is 0 Å². The minimum atomic E-state index is -0.103. The fourth-order valence-electron chi connectivity index (χ4n) is 1.23. The number of nitrogens with one attached hydrogen (secondary N) is 1. The normalized spacial score (nSPS) is 9.50. The molecule has 1 aromatic carbocycles. The molecule has 0 aliphatic rings. The van der Waals surface area contributed by atoms with Gasteiger partial charge in [-0.15, -0.1) is 0 Å². The van der Waals surface area contributed by atoms with E-state index >= 15 is 0 Å². The fourth-order valence-corrected chi connectivity index (χ4v) is 1.36. The number of benzene rings is 1. The van der Waals surface area contributed by atoms with Gasteiger partial charge < -0.3 is 5.32 Å². The first-order valence-corrected chi connectivity index (χ1v) is 5.52. The zero-order chi connectivity index (χ0) is 11.8. The molecule has 0 saturated heterocycles. The first kappa shape index (κ1) is 12.5. The molecule has 1 rings (SSSR count). The predicted molar refractivity (Wildman–Crippen MR) is 63.2 cm³/mol. The van der Waals surface area contributed by atoms with Crippen LogP contribution in [0.4, 0.5) is 0 Å². The molecule has 0 heterocycles. The third kappa shape index (κ3) is 4.33. The summed E-state index contributed by atoms with van der Waals surface area (Å²) in [5.74, 6) is -0.103. The average Bonchev–Trinajstić information content (AvgIpc) is 2.29. The van der Waals surface area contributed by atoms with Gasteiger partial charge in [0.05, 0.1) is 6.07 Å². The molecule has 0 fully saturated rings. The lowest BCUT2D eigenvalue weighted by Gasteiger charge is -2.04. The number of unbranched alkanes of at least 4 members (excludes halogenated alkanes) is 2. The molecule has 0 aliphatic carbocycles. The van der Waals surface area contributed by atoms with E-state index in [1.807, 2.05) is 0 Å². The Balaban J connectivity index is 2.30. The largest absolute Gasteiger partial charge is 0.352 e. The maximum Gasteiger partial charge on any atom is 0.251 e. The van der Waals surface area contributed by atoms with Crippen LogP contribution < -0.4 is 5.32 Å². The molecular weight excluding hydrogens is 224 g/mol.